The van der Waals surface area contributed by atoms with Crippen molar-refractivity contribution in [1.29, 1.82) is 0 Å². The minimum absolute atomic E-state index is 0.00329. The molecule has 0 bridgehead atoms. The molecule has 0 fully saturated rings. The first kappa shape index (κ1) is 11.9. The van der Waals surface area contributed by atoms with Gasteiger partial charge in [0.1, 0.15) is 0 Å². The molecule has 0 unspecified atom stereocenters. The molecule has 0 spiro atoms. The average Bonchev–Trinajstić information content (AvgIpc) is 2.33. The van der Waals surface area contributed by atoms with Crippen molar-refractivity contribution in [2.24, 2.45) is 0 Å². The first-order chi connectivity index (χ1) is 8.09. The lowest BCUT2D eigenvalue weighted by Crippen LogP contribution is -2.05. The van der Waals surface area contributed by atoms with Crippen LogP contribution in [0.15, 0.2) is 59.5 Å². The van der Waals surface area contributed by atoms with Crippen LogP contribution in [0.4, 0.5) is 0 Å². The summed E-state index contributed by atoms with van der Waals surface area (Å²) >= 11 is 0. The quantitative estimate of drug-likeness (QED) is 0.833. The van der Waals surface area contributed by atoms with Crippen molar-refractivity contribution in [2.75, 3.05) is 0 Å². The Balaban J connectivity index is 2.34. The maximum absolute atomic E-state index is 12.1. The van der Waals surface area contributed by atoms with Crippen LogP contribution in [-0.2, 0) is 15.6 Å². The predicted octanol–water partition coefficient (Wildman–Crippen LogP) is 2.84. The van der Waals surface area contributed by atoms with Gasteiger partial charge in [-0.25, -0.2) is 8.42 Å². The van der Waals surface area contributed by atoms with Crippen molar-refractivity contribution in [2.45, 2.75) is 10.6 Å². The van der Waals surface area contributed by atoms with Gasteiger partial charge in [-0.15, -0.1) is 0 Å². The maximum Gasteiger partial charge on any atom is 0.182 e. The summed E-state index contributed by atoms with van der Waals surface area (Å²) in [6.45, 7) is 3.83. The van der Waals surface area contributed by atoms with Crippen LogP contribution < -0.4 is 0 Å². The van der Waals surface area contributed by atoms with E-state index in [9.17, 15) is 8.42 Å². The van der Waals surface area contributed by atoms with Crippen molar-refractivity contribution < 1.29 is 8.42 Å². The van der Waals surface area contributed by atoms with Gasteiger partial charge in [-0.3, -0.25) is 0 Å². The molecule has 0 heterocycles. The van der Waals surface area contributed by atoms with Crippen molar-refractivity contribution in [3.8, 4) is 0 Å². The van der Waals surface area contributed by atoms with E-state index in [2.05, 4.69) is 6.92 Å². The highest BCUT2D eigenvalue weighted by Gasteiger charge is 2.15. The Morgan fingerprint density at radius 1 is 0.882 bits per heavy atom. The summed E-state index contributed by atoms with van der Waals surface area (Å²) in [5.74, 6) is -0.00329. The third kappa shape index (κ3) is 2.74. The lowest BCUT2D eigenvalue weighted by atomic mass is 10.1. The molecule has 0 saturated heterocycles. The van der Waals surface area contributed by atoms with Crippen molar-refractivity contribution in [3.63, 3.8) is 0 Å². The topological polar surface area (TPSA) is 34.1 Å². The molecule has 3 heteroatoms. The van der Waals surface area contributed by atoms with E-state index >= 15 is 0 Å². The number of benzene rings is 2. The van der Waals surface area contributed by atoms with Crippen LogP contribution in [-0.4, -0.2) is 8.42 Å². The Kier molecular flexibility index (Phi) is 3.29. The summed E-state index contributed by atoms with van der Waals surface area (Å²) in [5, 5.41) is 0. The van der Waals surface area contributed by atoms with E-state index in [4.69, 9.17) is 0 Å². The highest BCUT2D eigenvalue weighted by molar-refractivity contribution is 7.90. The van der Waals surface area contributed by atoms with E-state index < -0.39 is 9.84 Å². The van der Waals surface area contributed by atoms with Crippen LogP contribution in [0.3, 0.4) is 0 Å². The van der Waals surface area contributed by atoms with Crippen LogP contribution in [0, 0.1) is 6.92 Å². The van der Waals surface area contributed by atoms with E-state index in [0.717, 1.165) is 11.1 Å². The minimum atomic E-state index is -3.28. The Labute approximate surface area is 102 Å². The number of hydrogen-bond donors (Lipinski definition) is 0. The summed E-state index contributed by atoms with van der Waals surface area (Å²) in [4.78, 5) is 0.350. The molecule has 0 atom stereocenters. The van der Waals surface area contributed by atoms with E-state index in [1.165, 1.54) is 0 Å². The molecule has 2 rings (SSSR count). The second-order valence-corrected chi connectivity index (χ2v) is 5.83. The smallest absolute Gasteiger partial charge is 0.182 e. The highest BCUT2D eigenvalue weighted by atomic mass is 32.2. The monoisotopic (exact) mass is 245 g/mol. The second kappa shape index (κ2) is 4.72. The van der Waals surface area contributed by atoms with Crippen molar-refractivity contribution >= 4 is 9.84 Å². The van der Waals surface area contributed by atoms with E-state index in [1.54, 1.807) is 36.4 Å². The molecule has 0 aliphatic carbocycles. The molecule has 2 aromatic carbocycles. The standard InChI is InChI=1S/C14H13O2S/c1-12-7-5-6-8-13(12)11-17(15,16)14-9-3-2-4-10-14/h2-10H,1,11H2. The lowest BCUT2D eigenvalue weighted by molar-refractivity contribution is 0.595. The molecule has 1 radical (unpaired) electrons. The Bertz CT molecular complexity index is 601. The van der Waals surface area contributed by atoms with E-state index in [0.29, 0.717) is 4.90 Å². The zero-order chi connectivity index (χ0) is 12.3. The molecule has 0 N–H and O–H groups in total. The Morgan fingerprint density at radius 2 is 1.47 bits per heavy atom. The van der Waals surface area contributed by atoms with E-state index in [-0.39, 0.29) is 5.75 Å². The van der Waals surface area contributed by atoms with Crippen LogP contribution in [0.1, 0.15) is 11.1 Å². The zero-order valence-corrected chi connectivity index (χ0v) is 10.2. The molecule has 0 aliphatic rings. The SMILES string of the molecule is [CH2]c1ccccc1CS(=O)(=O)c1ccccc1. The first-order valence-corrected chi connectivity index (χ1v) is 6.92. The fraction of sp³-hybridized carbons (Fsp3) is 0.0714. The van der Waals surface area contributed by atoms with Crippen LogP contribution >= 0.6 is 0 Å². The number of rotatable bonds is 3. The van der Waals surface area contributed by atoms with Gasteiger partial charge in [-0.2, -0.15) is 0 Å². The van der Waals surface area contributed by atoms with Gasteiger partial charge in [0.15, 0.2) is 9.84 Å². The van der Waals surface area contributed by atoms with Crippen LogP contribution in [0.2, 0.25) is 0 Å². The molecular formula is C14H13O2S. The molecule has 2 nitrogen and oxygen atoms in total. The molecule has 0 aromatic heterocycles. The molecule has 0 aliphatic heterocycles. The molecule has 87 valence electrons. The van der Waals surface area contributed by atoms with Gasteiger partial charge in [-0.1, -0.05) is 42.5 Å². The van der Waals surface area contributed by atoms with E-state index in [1.807, 2.05) is 18.2 Å². The maximum atomic E-state index is 12.1. The normalized spacial score (nSPS) is 11.4. The summed E-state index contributed by atoms with van der Waals surface area (Å²) in [5.41, 5.74) is 1.50. The summed E-state index contributed by atoms with van der Waals surface area (Å²) in [7, 11) is -3.28. The predicted molar refractivity (Wildman–Crippen MR) is 68.2 cm³/mol. The number of sulfone groups is 1. The lowest BCUT2D eigenvalue weighted by Gasteiger charge is -2.06. The second-order valence-electron chi connectivity index (χ2n) is 3.84. The van der Waals surface area contributed by atoms with Gasteiger partial charge in [0.2, 0.25) is 0 Å². The largest absolute Gasteiger partial charge is 0.223 e. The summed E-state index contributed by atoms with van der Waals surface area (Å²) < 4.78 is 24.3. The van der Waals surface area contributed by atoms with Crippen molar-refractivity contribution in [3.05, 3.63) is 72.6 Å². The molecular weight excluding hydrogens is 232 g/mol. The molecule has 2 aromatic rings. The summed E-state index contributed by atoms with van der Waals surface area (Å²) in [6, 6.07) is 15.8. The van der Waals surface area contributed by atoms with Crippen molar-refractivity contribution in [1.82, 2.24) is 0 Å². The fourth-order valence-electron chi connectivity index (χ4n) is 1.61. The Morgan fingerprint density at radius 3 is 2.12 bits per heavy atom. The third-order valence-electron chi connectivity index (χ3n) is 2.57. The molecule has 0 amide bonds. The van der Waals surface area contributed by atoms with Gasteiger partial charge in [0.25, 0.3) is 0 Å². The first-order valence-electron chi connectivity index (χ1n) is 5.27. The van der Waals surface area contributed by atoms with Gasteiger partial charge in [0, 0.05) is 0 Å². The van der Waals surface area contributed by atoms with Gasteiger partial charge in [0.05, 0.1) is 10.6 Å². The third-order valence-corrected chi connectivity index (χ3v) is 4.25. The summed E-state index contributed by atoms with van der Waals surface area (Å²) in [6.07, 6.45) is 0. The number of hydrogen-bond acceptors (Lipinski definition) is 2. The highest BCUT2D eigenvalue weighted by Crippen LogP contribution is 2.18. The Hall–Kier alpha value is -1.61. The zero-order valence-electron chi connectivity index (χ0n) is 9.34. The minimum Gasteiger partial charge on any atom is -0.223 e. The average molecular weight is 245 g/mol. The van der Waals surface area contributed by atoms with Gasteiger partial charge < -0.3 is 0 Å². The van der Waals surface area contributed by atoms with Gasteiger partial charge >= 0.3 is 0 Å². The van der Waals surface area contributed by atoms with Crippen LogP contribution in [0.25, 0.3) is 0 Å². The molecule has 17 heavy (non-hydrogen) atoms. The fourth-order valence-corrected chi connectivity index (χ4v) is 3.04. The van der Waals surface area contributed by atoms with Crippen LogP contribution in [0.5, 0.6) is 0 Å². The molecule has 0 saturated carbocycles. The van der Waals surface area contributed by atoms with Gasteiger partial charge in [-0.05, 0) is 30.2 Å².